The van der Waals surface area contributed by atoms with Gasteiger partial charge in [0.1, 0.15) is 5.76 Å². The van der Waals surface area contributed by atoms with Gasteiger partial charge in [0.25, 0.3) is 0 Å². The van der Waals surface area contributed by atoms with Gasteiger partial charge in [0.15, 0.2) is 0 Å². The molecule has 4 nitrogen and oxygen atoms in total. The van der Waals surface area contributed by atoms with E-state index in [1.807, 2.05) is 32.0 Å². The Bertz CT molecular complexity index is 731. The van der Waals surface area contributed by atoms with Crippen LogP contribution in [0.25, 0.3) is 0 Å². The molecule has 5 heteroatoms. The first-order valence-electron chi connectivity index (χ1n) is 7.10. The molecule has 0 atom stereocenters. The predicted molar refractivity (Wildman–Crippen MR) is 80.4 cm³/mol. The van der Waals surface area contributed by atoms with Crippen LogP contribution in [0.2, 0.25) is 0 Å². The van der Waals surface area contributed by atoms with E-state index >= 15 is 0 Å². The lowest BCUT2D eigenvalue weighted by molar-refractivity contribution is 0.356. The molecule has 3 rings (SSSR count). The van der Waals surface area contributed by atoms with Crippen LogP contribution in [0.4, 0.5) is 0 Å². The van der Waals surface area contributed by atoms with E-state index in [-0.39, 0.29) is 6.04 Å². The van der Waals surface area contributed by atoms with Crippen molar-refractivity contribution in [1.29, 1.82) is 0 Å². The Labute approximate surface area is 125 Å². The first-order chi connectivity index (χ1) is 9.98. The Morgan fingerprint density at radius 3 is 2.62 bits per heavy atom. The summed E-state index contributed by atoms with van der Waals surface area (Å²) in [6.07, 6.45) is 3.42. The van der Waals surface area contributed by atoms with E-state index in [9.17, 15) is 8.42 Å². The third kappa shape index (κ3) is 2.89. The lowest BCUT2D eigenvalue weighted by atomic mass is 10.2. The number of hydrogen-bond acceptors (Lipinski definition) is 3. The maximum Gasteiger partial charge on any atom is 0.244 e. The number of aryl methyl sites for hydroxylation is 2. The molecule has 0 aliphatic heterocycles. The summed E-state index contributed by atoms with van der Waals surface area (Å²) in [7, 11) is -3.49. The minimum absolute atomic E-state index is 0.0972. The quantitative estimate of drug-likeness (QED) is 0.852. The third-order valence-corrected chi connectivity index (χ3v) is 5.82. The molecule has 0 radical (unpaired) electrons. The molecule has 0 unspecified atom stereocenters. The van der Waals surface area contributed by atoms with Crippen LogP contribution in [0.1, 0.15) is 29.7 Å². The highest BCUT2D eigenvalue weighted by atomic mass is 32.2. The van der Waals surface area contributed by atoms with E-state index in [0.29, 0.717) is 17.2 Å². The summed E-state index contributed by atoms with van der Waals surface area (Å²) < 4.78 is 32.9. The second kappa shape index (κ2) is 5.31. The number of sulfonamides is 1. The largest absolute Gasteiger partial charge is 0.468 e. The van der Waals surface area contributed by atoms with Gasteiger partial charge < -0.3 is 4.42 Å². The van der Waals surface area contributed by atoms with Gasteiger partial charge in [-0.2, -0.15) is 4.31 Å². The first kappa shape index (κ1) is 14.4. The van der Waals surface area contributed by atoms with Crippen LogP contribution >= 0.6 is 0 Å². The van der Waals surface area contributed by atoms with Gasteiger partial charge in [-0.05, 0) is 56.0 Å². The Hall–Kier alpha value is -1.59. The molecule has 0 saturated heterocycles. The smallest absolute Gasteiger partial charge is 0.244 e. The molecule has 0 N–H and O–H groups in total. The van der Waals surface area contributed by atoms with Gasteiger partial charge >= 0.3 is 0 Å². The second-order valence-electron chi connectivity index (χ2n) is 5.63. The highest BCUT2D eigenvalue weighted by Crippen LogP contribution is 2.34. The normalized spacial score (nSPS) is 15.6. The van der Waals surface area contributed by atoms with Crippen LogP contribution < -0.4 is 0 Å². The summed E-state index contributed by atoms with van der Waals surface area (Å²) in [5.74, 6) is 0.677. The van der Waals surface area contributed by atoms with E-state index < -0.39 is 10.0 Å². The first-order valence-corrected chi connectivity index (χ1v) is 8.54. The molecule has 1 saturated carbocycles. The van der Waals surface area contributed by atoms with Crippen molar-refractivity contribution in [2.45, 2.75) is 44.2 Å². The molecular formula is C16H19NO3S. The molecule has 112 valence electrons. The number of furan rings is 1. The molecule has 21 heavy (non-hydrogen) atoms. The maximum absolute atomic E-state index is 13.0. The summed E-state index contributed by atoms with van der Waals surface area (Å²) in [4.78, 5) is 0.404. The molecule has 1 aliphatic rings. The Morgan fingerprint density at radius 2 is 2.00 bits per heavy atom. The fourth-order valence-corrected chi connectivity index (χ4v) is 4.40. The minimum Gasteiger partial charge on any atom is -0.468 e. The predicted octanol–water partition coefficient (Wildman–Crippen LogP) is 3.25. The van der Waals surface area contributed by atoms with Gasteiger partial charge in [0.05, 0.1) is 17.7 Å². The van der Waals surface area contributed by atoms with E-state index in [4.69, 9.17) is 4.42 Å². The zero-order valence-electron chi connectivity index (χ0n) is 12.2. The van der Waals surface area contributed by atoms with Crippen molar-refractivity contribution in [3.05, 3.63) is 53.5 Å². The highest BCUT2D eigenvalue weighted by molar-refractivity contribution is 7.89. The van der Waals surface area contributed by atoms with Crippen molar-refractivity contribution in [1.82, 2.24) is 4.31 Å². The van der Waals surface area contributed by atoms with Crippen molar-refractivity contribution in [3.63, 3.8) is 0 Å². The Morgan fingerprint density at radius 1 is 1.24 bits per heavy atom. The monoisotopic (exact) mass is 305 g/mol. The van der Waals surface area contributed by atoms with Crippen LogP contribution in [0.5, 0.6) is 0 Å². The van der Waals surface area contributed by atoms with Crippen molar-refractivity contribution in [2.75, 3.05) is 0 Å². The summed E-state index contributed by atoms with van der Waals surface area (Å²) in [6, 6.07) is 9.24. The average Bonchev–Trinajstić information content (AvgIpc) is 3.14. The molecule has 0 spiro atoms. The van der Waals surface area contributed by atoms with Crippen LogP contribution in [0, 0.1) is 13.8 Å². The minimum atomic E-state index is -3.49. The zero-order chi connectivity index (χ0) is 15.0. The number of nitrogens with zero attached hydrogens (tertiary/aromatic N) is 1. The zero-order valence-corrected chi connectivity index (χ0v) is 13.1. The lowest BCUT2D eigenvalue weighted by Crippen LogP contribution is -2.33. The molecule has 1 aromatic carbocycles. The number of benzene rings is 1. The van der Waals surface area contributed by atoms with Crippen LogP contribution in [0.3, 0.4) is 0 Å². The van der Waals surface area contributed by atoms with Crippen molar-refractivity contribution >= 4 is 10.0 Å². The van der Waals surface area contributed by atoms with E-state index in [1.54, 1.807) is 22.7 Å². The van der Waals surface area contributed by atoms with Crippen molar-refractivity contribution in [2.24, 2.45) is 0 Å². The third-order valence-electron chi connectivity index (χ3n) is 3.78. The summed E-state index contributed by atoms with van der Waals surface area (Å²) in [5.41, 5.74) is 1.73. The topological polar surface area (TPSA) is 50.5 Å². The number of rotatable bonds is 5. The molecule has 1 fully saturated rings. The average molecular weight is 305 g/mol. The van der Waals surface area contributed by atoms with Gasteiger partial charge in [-0.1, -0.05) is 12.1 Å². The van der Waals surface area contributed by atoms with Crippen LogP contribution in [-0.2, 0) is 16.6 Å². The molecule has 1 aromatic heterocycles. The second-order valence-corrected chi connectivity index (χ2v) is 7.49. The lowest BCUT2D eigenvalue weighted by Gasteiger charge is -2.22. The molecule has 1 heterocycles. The molecule has 0 bridgehead atoms. The van der Waals surface area contributed by atoms with Gasteiger partial charge in [-0.25, -0.2) is 8.42 Å². The van der Waals surface area contributed by atoms with Gasteiger partial charge in [0, 0.05) is 6.04 Å². The Kier molecular flexibility index (Phi) is 3.63. The van der Waals surface area contributed by atoms with E-state index in [1.165, 1.54) is 0 Å². The fourth-order valence-electron chi connectivity index (χ4n) is 2.44. The van der Waals surface area contributed by atoms with Crippen molar-refractivity contribution in [3.8, 4) is 0 Å². The standard InChI is InChI=1S/C16H19NO3S/c1-12-5-6-13(2)16(10-12)21(18,19)17(14-7-8-14)11-15-4-3-9-20-15/h3-6,9-10,14H,7-8,11H2,1-2H3. The molecule has 2 aromatic rings. The van der Waals surface area contributed by atoms with Crippen molar-refractivity contribution < 1.29 is 12.8 Å². The van der Waals surface area contributed by atoms with E-state index in [0.717, 1.165) is 24.0 Å². The van der Waals surface area contributed by atoms with Gasteiger partial charge in [-0.3, -0.25) is 0 Å². The molecular weight excluding hydrogens is 286 g/mol. The Balaban J connectivity index is 1.99. The molecule has 0 amide bonds. The maximum atomic E-state index is 13.0. The van der Waals surface area contributed by atoms with Gasteiger partial charge in [-0.15, -0.1) is 0 Å². The van der Waals surface area contributed by atoms with E-state index in [2.05, 4.69) is 0 Å². The summed E-state index contributed by atoms with van der Waals surface area (Å²) >= 11 is 0. The highest BCUT2D eigenvalue weighted by Gasteiger charge is 2.39. The SMILES string of the molecule is Cc1ccc(C)c(S(=O)(=O)N(Cc2ccco2)C2CC2)c1. The summed E-state index contributed by atoms with van der Waals surface area (Å²) in [5, 5.41) is 0. The van der Waals surface area contributed by atoms with Gasteiger partial charge in [0.2, 0.25) is 10.0 Å². The summed E-state index contributed by atoms with van der Waals surface area (Å²) in [6.45, 7) is 4.05. The fraction of sp³-hybridized carbons (Fsp3) is 0.375. The van der Waals surface area contributed by atoms with Crippen LogP contribution in [-0.4, -0.2) is 18.8 Å². The number of hydrogen-bond donors (Lipinski definition) is 0. The van der Waals surface area contributed by atoms with Crippen LogP contribution in [0.15, 0.2) is 45.9 Å². The molecule has 1 aliphatic carbocycles.